The monoisotopic (exact) mass is 274 g/mol. The molecule has 0 unspecified atom stereocenters. The van der Waals surface area contributed by atoms with Gasteiger partial charge in [-0.05, 0) is 12.3 Å². The summed E-state index contributed by atoms with van der Waals surface area (Å²) < 4.78 is 4.42. The first kappa shape index (κ1) is 17.4. The van der Waals surface area contributed by atoms with Crippen molar-refractivity contribution >= 4 is 17.8 Å². The molecule has 0 rings (SSSR count). The van der Waals surface area contributed by atoms with Crippen molar-refractivity contribution in [3.63, 3.8) is 0 Å². The number of ether oxygens (including phenoxy) is 1. The average Bonchev–Trinajstić information content (AvgIpc) is 2.40. The minimum atomic E-state index is -1.20. The van der Waals surface area contributed by atoms with Gasteiger partial charge in [-0.2, -0.15) is 0 Å². The third-order valence-electron chi connectivity index (χ3n) is 3.04. The van der Waals surface area contributed by atoms with Gasteiger partial charge in [0.2, 0.25) is 5.91 Å². The third kappa shape index (κ3) is 6.19. The Labute approximate surface area is 112 Å². The molecule has 0 aromatic rings. The van der Waals surface area contributed by atoms with Crippen LogP contribution in [-0.2, 0) is 19.1 Å². The van der Waals surface area contributed by atoms with E-state index in [1.165, 1.54) is 7.11 Å². The summed E-state index contributed by atoms with van der Waals surface area (Å²) in [6.07, 6.45) is 0.613. The molecule has 0 aliphatic heterocycles. The second-order valence-corrected chi connectivity index (χ2v) is 4.43. The van der Waals surface area contributed by atoms with Crippen LogP contribution in [0, 0.1) is 5.92 Å². The van der Waals surface area contributed by atoms with Crippen molar-refractivity contribution in [2.24, 2.45) is 11.7 Å². The van der Waals surface area contributed by atoms with Gasteiger partial charge in [0.1, 0.15) is 6.04 Å². The van der Waals surface area contributed by atoms with E-state index >= 15 is 0 Å². The molecule has 0 radical (unpaired) electrons. The number of methoxy groups -OCH3 is 1. The molecular weight excluding hydrogens is 252 g/mol. The Bertz CT molecular complexity index is 332. The summed E-state index contributed by atoms with van der Waals surface area (Å²) in [4.78, 5) is 33.7. The summed E-state index contributed by atoms with van der Waals surface area (Å²) in [6.45, 7) is 3.71. The van der Waals surface area contributed by atoms with E-state index in [0.29, 0.717) is 6.42 Å². The number of carbonyl (C=O) groups is 3. The zero-order valence-corrected chi connectivity index (χ0v) is 11.5. The molecule has 19 heavy (non-hydrogen) atoms. The Morgan fingerprint density at radius 1 is 1.37 bits per heavy atom. The first-order valence-electron chi connectivity index (χ1n) is 6.19. The van der Waals surface area contributed by atoms with E-state index in [9.17, 15) is 14.4 Å². The average molecular weight is 274 g/mol. The zero-order valence-electron chi connectivity index (χ0n) is 11.5. The van der Waals surface area contributed by atoms with Crippen molar-refractivity contribution in [2.45, 2.75) is 45.2 Å². The largest absolute Gasteiger partial charge is 0.480 e. The van der Waals surface area contributed by atoms with Gasteiger partial charge in [0.15, 0.2) is 0 Å². The summed E-state index contributed by atoms with van der Waals surface area (Å²) in [5.74, 6) is -2.29. The number of hydrogen-bond acceptors (Lipinski definition) is 5. The van der Waals surface area contributed by atoms with Gasteiger partial charge in [-0.3, -0.25) is 9.59 Å². The maximum atomic E-state index is 11.8. The molecule has 0 bridgehead atoms. The number of hydrogen-bond donors (Lipinski definition) is 3. The molecule has 0 aromatic heterocycles. The molecular formula is C12H22N2O5. The highest BCUT2D eigenvalue weighted by Gasteiger charge is 2.26. The van der Waals surface area contributed by atoms with E-state index < -0.39 is 29.9 Å². The van der Waals surface area contributed by atoms with Crippen LogP contribution >= 0.6 is 0 Å². The van der Waals surface area contributed by atoms with Gasteiger partial charge in [-0.1, -0.05) is 20.3 Å². The van der Waals surface area contributed by atoms with Gasteiger partial charge in [0.25, 0.3) is 0 Å². The molecule has 7 heteroatoms. The minimum absolute atomic E-state index is 0.0268. The van der Waals surface area contributed by atoms with Gasteiger partial charge in [-0.25, -0.2) is 4.79 Å². The molecule has 4 N–H and O–H groups in total. The molecule has 3 atom stereocenters. The fourth-order valence-electron chi connectivity index (χ4n) is 1.40. The van der Waals surface area contributed by atoms with E-state index in [4.69, 9.17) is 10.8 Å². The van der Waals surface area contributed by atoms with Crippen molar-refractivity contribution < 1.29 is 24.2 Å². The lowest BCUT2D eigenvalue weighted by atomic mass is 9.99. The topological polar surface area (TPSA) is 119 Å². The molecule has 0 fully saturated rings. The van der Waals surface area contributed by atoms with Crippen molar-refractivity contribution in [1.29, 1.82) is 0 Å². The number of nitrogens with one attached hydrogen (secondary N) is 1. The SMILES string of the molecule is CC[C@H](C)[C@H](N)C(=O)N[C@H](CCC(=O)OC)C(=O)O. The second kappa shape index (κ2) is 8.47. The van der Waals surface area contributed by atoms with Crippen molar-refractivity contribution in [1.82, 2.24) is 5.32 Å². The Hall–Kier alpha value is -1.63. The molecule has 0 aliphatic rings. The first-order valence-corrected chi connectivity index (χ1v) is 6.19. The van der Waals surface area contributed by atoms with Gasteiger partial charge < -0.3 is 20.9 Å². The smallest absolute Gasteiger partial charge is 0.326 e. The predicted octanol–water partition coefficient (Wildman–Crippen LogP) is -0.118. The van der Waals surface area contributed by atoms with Crippen LogP contribution in [0.25, 0.3) is 0 Å². The Kier molecular flexibility index (Phi) is 7.74. The van der Waals surface area contributed by atoms with Crippen LogP contribution in [0.15, 0.2) is 0 Å². The van der Waals surface area contributed by atoms with Gasteiger partial charge in [0.05, 0.1) is 13.2 Å². The molecule has 0 spiro atoms. The van der Waals surface area contributed by atoms with Crippen LogP contribution in [0.1, 0.15) is 33.1 Å². The number of carboxylic acid groups (broad SMARTS) is 1. The Morgan fingerprint density at radius 2 is 1.95 bits per heavy atom. The van der Waals surface area contributed by atoms with Crippen LogP contribution in [0.2, 0.25) is 0 Å². The molecule has 1 amide bonds. The summed E-state index contributed by atoms with van der Waals surface area (Å²) in [6, 6.07) is -1.90. The third-order valence-corrected chi connectivity index (χ3v) is 3.04. The van der Waals surface area contributed by atoms with Crippen molar-refractivity contribution in [2.75, 3.05) is 7.11 Å². The maximum Gasteiger partial charge on any atom is 0.326 e. The van der Waals surface area contributed by atoms with E-state index in [-0.39, 0.29) is 18.8 Å². The molecule has 0 aliphatic carbocycles. The lowest BCUT2D eigenvalue weighted by Gasteiger charge is -2.20. The molecule has 0 saturated heterocycles. The summed E-state index contributed by atoms with van der Waals surface area (Å²) in [7, 11) is 1.22. The standard InChI is InChI=1S/C12H22N2O5/c1-4-7(2)10(13)11(16)14-8(12(17)18)5-6-9(15)19-3/h7-8,10H,4-6,13H2,1-3H3,(H,14,16)(H,17,18)/t7-,8+,10-/m0/s1. The molecule has 0 heterocycles. The van der Waals surface area contributed by atoms with E-state index in [2.05, 4.69) is 10.1 Å². The Morgan fingerprint density at radius 3 is 2.37 bits per heavy atom. The summed E-state index contributed by atoms with van der Waals surface area (Å²) in [5, 5.41) is 11.3. The second-order valence-electron chi connectivity index (χ2n) is 4.43. The van der Waals surface area contributed by atoms with E-state index in [1.54, 1.807) is 0 Å². The molecule has 0 saturated carbocycles. The van der Waals surface area contributed by atoms with Crippen LogP contribution in [0.4, 0.5) is 0 Å². The first-order chi connectivity index (χ1) is 8.83. The molecule has 110 valence electrons. The number of rotatable bonds is 8. The van der Waals surface area contributed by atoms with Gasteiger partial charge in [-0.15, -0.1) is 0 Å². The number of esters is 1. The van der Waals surface area contributed by atoms with Gasteiger partial charge in [0, 0.05) is 6.42 Å². The number of amides is 1. The van der Waals surface area contributed by atoms with Crippen LogP contribution in [-0.4, -0.2) is 42.1 Å². The maximum absolute atomic E-state index is 11.8. The summed E-state index contributed by atoms with van der Waals surface area (Å²) >= 11 is 0. The lowest BCUT2D eigenvalue weighted by molar-refractivity contribution is -0.144. The zero-order chi connectivity index (χ0) is 15.0. The molecule has 0 aromatic carbocycles. The lowest BCUT2D eigenvalue weighted by Crippen LogP contribution is -2.50. The fourth-order valence-corrected chi connectivity index (χ4v) is 1.40. The quantitative estimate of drug-likeness (QED) is 0.531. The van der Waals surface area contributed by atoms with E-state index in [0.717, 1.165) is 0 Å². The highest BCUT2D eigenvalue weighted by Crippen LogP contribution is 2.07. The number of carbonyl (C=O) groups excluding carboxylic acids is 2. The predicted molar refractivity (Wildman–Crippen MR) is 68.2 cm³/mol. The number of aliphatic carboxylic acids is 1. The summed E-state index contributed by atoms with van der Waals surface area (Å²) in [5.41, 5.74) is 5.71. The highest BCUT2D eigenvalue weighted by molar-refractivity contribution is 5.87. The van der Waals surface area contributed by atoms with Crippen molar-refractivity contribution in [3.8, 4) is 0 Å². The van der Waals surface area contributed by atoms with Crippen molar-refractivity contribution in [3.05, 3.63) is 0 Å². The highest BCUT2D eigenvalue weighted by atomic mass is 16.5. The molecule has 7 nitrogen and oxygen atoms in total. The fraction of sp³-hybridized carbons (Fsp3) is 0.750. The number of carboxylic acids is 1. The number of nitrogens with two attached hydrogens (primary N) is 1. The van der Waals surface area contributed by atoms with Crippen LogP contribution in [0.5, 0.6) is 0 Å². The minimum Gasteiger partial charge on any atom is -0.480 e. The Balaban J connectivity index is 4.46. The van der Waals surface area contributed by atoms with Crippen LogP contribution < -0.4 is 11.1 Å². The normalized spacial score (nSPS) is 15.2. The van der Waals surface area contributed by atoms with E-state index in [1.807, 2.05) is 13.8 Å². The van der Waals surface area contributed by atoms with Crippen LogP contribution in [0.3, 0.4) is 0 Å². The van der Waals surface area contributed by atoms with Gasteiger partial charge >= 0.3 is 11.9 Å².